The molecule has 1 atom stereocenters. The summed E-state index contributed by atoms with van der Waals surface area (Å²) in [6, 6.07) is 4.03. The summed E-state index contributed by atoms with van der Waals surface area (Å²) < 4.78 is 18.9. The minimum absolute atomic E-state index is 0.0990. The van der Waals surface area contributed by atoms with Crippen molar-refractivity contribution in [3.8, 4) is 0 Å². The summed E-state index contributed by atoms with van der Waals surface area (Å²) in [5.41, 5.74) is 0.437. The van der Waals surface area contributed by atoms with Crippen LogP contribution in [0.2, 0.25) is 0 Å². The molecule has 1 aromatic rings. The Labute approximate surface area is 114 Å². The molecule has 1 unspecified atom stereocenters. The van der Waals surface area contributed by atoms with E-state index in [1.54, 1.807) is 0 Å². The molecule has 18 heavy (non-hydrogen) atoms. The Balaban J connectivity index is 1.90. The Kier molecular flexibility index (Phi) is 4.72. The van der Waals surface area contributed by atoms with Crippen molar-refractivity contribution in [3.63, 3.8) is 0 Å². The van der Waals surface area contributed by atoms with Gasteiger partial charge in [-0.25, -0.2) is 4.39 Å². The minimum Gasteiger partial charge on any atom is -0.376 e. The standard InChI is InChI=1S/C13H15BrFNO2/c14-12-7-9(15)4-5-11(12)13(17)16-8-10-3-1-2-6-18-10/h4-5,7,10H,1-3,6,8H2,(H,16,17). The third-order valence-corrected chi connectivity index (χ3v) is 3.60. The number of hydrogen-bond acceptors (Lipinski definition) is 2. The lowest BCUT2D eigenvalue weighted by Gasteiger charge is -2.22. The lowest BCUT2D eigenvalue weighted by molar-refractivity contribution is 0.0169. The van der Waals surface area contributed by atoms with E-state index in [2.05, 4.69) is 21.2 Å². The van der Waals surface area contributed by atoms with E-state index in [4.69, 9.17) is 4.74 Å². The SMILES string of the molecule is O=C(NCC1CCCCO1)c1ccc(F)cc1Br. The number of ether oxygens (including phenoxy) is 1. The number of halogens is 2. The molecule has 1 aliphatic heterocycles. The van der Waals surface area contributed by atoms with Crippen LogP contribution in [0.1, 0.15) is 29.6 Å². The van der Waals surface area contributed by atoms with E-state index in [9.17, 15) is 9.18 Å². The molecule has 1 amide bonds. The van der Waals surface area contributed by atoms with Crippen molar-refractivity contribution >= 4 is 21.8 Å². The monoisotopic (exact) mass is 315 g/mol. The maximum atomic E-state index is 12.9. The van der Waals surface area contributed by atoms with Gasteiger partial charge in [0.05, 0.1) is 11.7 Å². The van der Waals surface area contributed by atoms with Gasteiger partial charge in [0.25, 0.3) is 5.91 Å². The van der Waals surface area contributed by atoms with E-state index < -0.39 is 0 Å². The van der Waals surface area contributed by atoms with E-state index in [0.29, 0.717) is 16.6 Å². The lowest BCUT2D eigenvalue weighted by Crippen LogP contribution is -2.35. The average Bonchev–Trinajstić information content (AvgIpc) is 2.37. The van der Waals surface area contributed by atoms with Gasteiger partial charge in [0.2, 0.25) is 0 Å². The van der Waals surface area contributed by atoms with Gasteiger partial charge < -0.3 is 10.1 Å². The van der Waals surface area contributed by atoms with Crippen LogP contribution in [0, 0.1) is 5.82 Å². The minimum atomic E-state index is -0.367. The molecule has 1 aliphatic rings. The quantitative estimate of drug-likeness (QED) is 0.931. The first-order chi connectivity index (χ1) is 8.66. The van der Waals surface area contributed by atoms with E-state index >= 15 is 0 Å². The molecular formula is C13H15BrFNO2. The zero-order valence-corrected chi connectivity index (χ0v) is 11.5. The Morgan fingerprint density at radius 3 is 3.00 bits per heavy atom. The van der Waals surface area contributed by atoms with Crippen molar-refractivity contribution in [2.45, 2.75) is 25.4 Å². The average molecular weight is 316 g/mol. The van der Waals surface area contributed by atoms with Crippen LogP contribution in [0.3, 0.4) is 0 Å². The van der Waals surface area contributed by atoms with Gasteiger partial charge in [-0.2, -0.15) is 0 Å². The largest absolute Gasteiger partial charge is 0.376 e. The van der Waals surface area contributed by atoms with E-state index in [-0.39, 0.29) is 17.8 Å². The first-order valence-corrected chi connectivity index (χ1v) is 6.81. The molecule has 0 radical (unpaired) electrons. The number of carbonyl (C=O) groups excluding carboxylic acids is 1. The van der Waals surface area contributed by atoms with Crippen LogP contribution in [-0.4, -0.2) is 25.2 Å². The van der Waals surface area contributed by atoms with Gasteiger partial charge in [-0.1, -0.05) is 0 Å². The van der Waals surface area contributed by atoms with Crippen molar-refractivity contribution in [2.75, 3.05) is 13.2 Å². The van der Waals surface area contributed by atoms with E-state index in [1.807, 2.05) is 0 Å². The molecule has 0 aliphatic carbocycles. The second-order valence-electron chi connectivity index (χ2n) is 4.32. The molecule has 98 valence electrons. The van der Waals surface area contributed by atoms with Crippen LogP contribution in [-0.2, 0) is 4.74 Å². The van der Waals surface area contributed by atoms with Crippen molar-refractivity contribution in [3.05, 3.63) is 34.1 Å². The van der Waals surface area contributed by atoms with Gasteiger partial charge in [-0.05, 0) is 53.4 Å². The Morgan fingerprint density at radius 2 is 2.33 bits per heavy atom. The van der Waals surface area contributed by atoms with Gasteiger partial charge in [-0.3, -0.25) is 4.79 Å². The fraction of sp³-hybridized carbons (Fsp3) is 0.462. The van der Waals surface area contributed by atoms with Gasteiger partial charge in [-0.15, -0.1) is 0 Å². The summed E-state index contributed by atoms with van der Waals surface area (Å²) in [6.45, 7) is 1.27. The molecule has 1 aromatic carbocycles. The van der Waals surface area contributed by atoms with Crippen LogP contribution < -0.4 is 5.32 Å². The Bertz CT molecular complexity index is 433. The number of hydrogen-bond donors (Lipinski definition) is 1. The fourth-order valence-electron chi connectivity index (χ4n) is 1.94. The predicted octanol–water partition coefficient (Wildman–Crippen LogP) is 2.89. The lowest BCUT2D eigenvalue weighted by atomic mass is 10.1. The van der Waals surface area contributed by atoms with Crippen LogP contribution >= 0.6 is 15.9 Å². The zero-order valence-electron chi connectivity index (χ0n) is 9.92. The fourth-order valence-corrected chi connectivity index (χ4v) is 2.47. The molecule has 5 heteroatoms. The summed E-state index contributed by atoms with van der Waals surface area (Å²) in [4.78, 5) is 11.9. The first kappa shape index (κ1) is 13.5. The highest BCUT2D eigenvalue weighted by Gasteiger charge is 2.16. The molecule has 0 bridgehead atoms. The molecule has 0 spiro atoms. The topological polar surface area (TPSA) is 38.3 Å². The number of carbonyl (C=O) groups is 1. The summed E-state index contributed by atoms with van der Waals surface area (Å²) in [7, 11) is 0. The van der Waals surface area contributed by atoms with Gasteiger partial charge >= 0.3 is 0 Å². The smallest absolute Gasteiger partial charge is 0.252 e. The molecule has 2 rings (SSSR count). The molecule has 1 saturated heterocycles. The molecule has 0 saturated carbocycles. The number of amides is 1. The molecule has 0 aromatic heterocycles. The van der Waals surface area contributed by atoms with E-state index in [0.717, 1.165) is 25.9 Å². The molecule has 1 fully saturated rings. The van der Waals surface area contributed by atoms with E-state index in [1.165, 1.54) is 18.2 Å². The number of nitrogens with one attached hydrogen (secondary N) is 1. The molecule has 3 nitrogen and oxygen atoms in total. The highest BCUT2D eigenvalue weighted by atomic mass is 79.9. The summed E-state index contributed by atoms with van der Waals surface area (Å²) >= 11 is 3.18. The maximum Gasteiger partial charge on any atom is 0.252 e. The van der Waals surface area contributed by atoms with Crippen LogP contribution in [0.5, 0.6) is 0 Å². The Hall–Kier alpha value is -0.940. The maximum absolute atomic E-state index is 12.9. The molecular weight excluding hydrogens is 301 g/mol. The van der Waals surface area contributed by atoms with Crippen LogP contribution in [0.25, 0.3) is 0 Å². The first-order valence-electron chi connectivity index (χ1n) is 6.01. The second-order valence-corrected chi connectivity index (χ2v) is 5.18. The third-order valence-electron chi connectivity index (χ3n) is 2.94. The summed E-state index contributed by atoms with van der Waals surface area (Å²) in [6.07, 6.45) is 3.31. The summed E-state index contributed by atoms with van der Waals surface area (Å²) in [5, 5.41) is 2.81. The second kappa shape index (κ2) is 6.29. The highest BCUT2D eigenvalue weighted by molar-refractivity contribution is 9.10. The molecule has 1 N–H and O–H groups in total. The zero-order chi connectivity index (χ0) is 13.0. The van der Waals surface area contributed by atoms with Crippen molar-refractivity contribution in [1.82, 2.24) is 5.32 Å². The van der Waals surface area contributed by atoms with Crippen molar-refractivity contribution in [1.29, 1.82) is 0 Å². The molecule has 1 heterocycles. The Morgan fingerprint density at radius 1 is 1.50 bits per heavy atom. The number of benzene rings is 1. The van der Waals surface area contributed by atoms with Crippen LogP contribution in [0.15, 0.2) is 22.7 Å². The third kappa shape index (κ3) is 3.53. The van der Waals surface area contributed by atoms with Crippen molar-refractivity contribution < 1.29 is 13.9 Å². The van der Waals surface area contributed by atoms with Gasteiger partial charge in [0.15, 0.2) is 0 Å². The van der Waals surface area contributed by atoms with Gasteiger partial charge in [0, 0.05) is 17.6 Å². The number of rotatable bonds is 3. The van der Waals surface area contributed by atoms with Gasteiger partial charge in [0.1, 0.15) is 5.82 Å². The van der Waals surface area contributed by atoms with Crippen molar-refractivity contribution in [2.24, 2.45) is 0 Å². The summed E-state index contributed by atoms with van der Waals surface area (Å²) in [5.74, 6) is -0.579. The highest BCUT2D eigenvalue weighted by Crippen LogP contribution is 2.18. The predicted molar refractivity (Wildman–Crippen MR) is 70.0 cm³/mol. The normalized spacial score (nSPS) is 19.6. The van der Waals surface area contributed by atoms with Crippen LogP contribution in [0.4, 0.5) is 4.39 Å².